The fourth-order valence-electron chi connectivity index (χ4n) is 16.4. The summed E-state index contributed by atoms with van der Waals surface area (Å²) in [7, 11) is -2.29. The van der Waals surface area contributed by atoms with Crippen molar-refractivity contribution in [1.29, 1.82) is 0 Å². The van der Waals surface area contributed by atoms with Gasteiger partial charge in [-0.15, -0.1) is 56.7 Å². The smallest absolute Gasteiger partial charge is 0.506 e. The number of para-hydroxylation sites is 2. The molecule has 7 aromatic heterocycles. The second-order valence-corrected chi connectivity index (χ2v) is 40.3. The highest BCUT2D eigenvalue weighted by Gasteiger charge is 2.50. The van der Waals surface area contributed by atoms with Crippen molar-refractivity contribution < 1.29 is 64.8 Å². The second-order valence-electron chi connectivity index (χ2n) is 31.5. The van der Waals surface area contributed by atoms with E-state index in [1.807, 2.05) is 103 Å². The van der Waals surface area contributed by atoms with Gasteiger partial charge in [0.05, 0.1) is 80.3 Å². The Balaban J connectivity index is 0.000000134. The average Bonchev–Trinajstić information content (AvgIpc) is 1.67. The summed E-state index contributed by atoms with van der Waals surface area (Å²) in [6.45, 7) is 15.4. The van der Waals surface area contributed by atoms with Crippen molar-refractivity contribution in [3.05, 3.63) is 277 Å². The van der Waals surface area contributed by atoms with Crippen LogP contribution >= 0.6 is 107 Å². The molecule has 0 saturated carbocycles. The molecule has 1 N–H and O–H groups in total. The number of methoxy groups -OCH3 is 2. The van der Waals surface area contributed by atoms with Crippen molar-refractivity contribution in [2.75, 3.05) is 76.6 Å². The highest BCUT2D eigenvalue weighted by atomic mass is 79.9. The van der Waals surface area contributed by atoms with E-state index in [1.165, 1.54) is 56.6 Å². The molecule has 3 saturated heterocycles. The van der Waals surface area contributed by atoms with Crippen LogP contribution in [-0.2, 0) is 19.6 Å². The van der Waals surface area contributed by atoms with Crippen molar-refractivity contribution >= 4 is 273 Å². The molecule has 22 rings (SSSR count). The third-order valence-electron chi connectivity index (χ3n) is 23.3. The van der Waals surface area contributed by atoms with Gasteiger partial charge in [0.1, 0.15) is 28.4 Å². The minimum absolute atomic E-state index is 0. The first-order valence-corrected chi connectivity index (χ1v) is 47.5. The molecule has 0 atom stereocenters. The number of ether oxygens (including phenoxy) is 4. The van der Waals surface area contributed by atoms with Gasteiger partial charge in [-0.2, -0.15) is 21.6 Å². The van der Waals surface area contributed by atoms with E-state index in [0.717, 1.165) is 127 Å². The molecule has 657 valence electrons. The number of morpholine rings is 2. The van der Waals surface area contributed by atoms with Gasteiger partial charge in [0, 0.05) is 151 Å². The van der Waals surface area contributed by atoms with Gasteiger partial charge >= 0.3 is 15.6 Å². The number of phenols is 1. The van der Waals surface area contributed by atoms with E-state index in [0.29, 0.717) is 95.5 Å². The first-order valence-electron chi connectivity index (χ1n) is 40.0. The summed E-state index contributed by atoms with van der Waals surface area (Å²) in [5.41, 5.74) is -0.450. The van der Waals surface area contributed by atoms with Crippen LogP contribution in [0.5, 0.6) is 23.0 Å². The maximum atomic E-state index is 12.9. The van der Waals surface area contributed by atoms with Gasteiger partial charge in [0.25, 0.3) is 0 Å². The maximum absolute atomic E-state index is 12.9. The van der Waals surface area contributed by atoms with Gasteiger partial charge < -0.3 is 46.9 Å². The third kappa shape index (κ3) is 18.5. The summed E-state index contributed by atoms with van der Waals surface area (Å²) in [6.07, 6.45) is 2.23. The molecule has 3 radical (unpaired) electrons. The Morgan fingerprint density at radius 3 is 1.36 bits per heavy atom. The van der Waals surface area contributed by atoms with Gasteiger partial charge in [0.2, 0.25) is 0 Å². The van der Waals surface area contributed by atoms with Crippen molar-refractivity contribution in [2.24, 2.45) is 10.8 Å². The van der Waals surface area contributed by atoms with Gasteiger partial charge in [-0.05, 0) is 107 Å². The first kappa shape index (κ1) is 94.2. The molecule has 0 amide bonds. The number of phenolic OH excluding ortho intramolecular Hbond substituents is 1. The lowest BCUT2D eigenvalue weighted by Gasteiger charge is -2.35. The van der Waals surface area contributed by atoms with E-state index < -0.39 is 21.4 Å². The molecule has 14 nitrogen and oxygen atoms in total. The van der Waals surface area contributed by atoms with Crippen LogP contribution in [-0.4, -0.2) is 101 Å². The summed E-state index contributed by atoms with van der Waals surface area (Å²) in [4.78, 5) is 29.9. The van der Waals surface area contributed by atoms with E-state index in [2.05, 4.69) is 130 Å². The van der Waals surface area contributed by atoms with Crippen molar-refractivity contribution in [2.45, 2.75) is 53.3 Å². The highest BCUT2D eigenvalue weighted by molar-refractivity contribution is 9.10. The summed E-state index contributed by atoms with van der Waals surface area (Å²) < 4.78 is 110. The number of aromatic hydroxyl groups is 1. The standard InChI is InChI=1S/C25H18ClNO3S.C21H28BNO3.C13H9BrOS.C13H6ClF3O3S2.C13H10OS.C12H7ClOS.CH4.B.FH.H2/c26-19-9-8-16(25-23(19)18-4-1-2-7-21(18)31-25)15-5-3-6-17-20(28)14-22(30-24(15)17)27-10-12-29-13-11-27;1-20(2)13-22(14-21(20,3)4)16-7-5-6-15-17(24)12-18(26-19(15)16)23-8-10-25-11-9-23;1-15-10-7-6-9(14)12-8-4-2-3-5-11(8)16-13(10)12;14-8-5-6-9(20-22(18,19)13(15,16)17)12-11(8)7-3-1-2-4-10(7)21-12;1-14-11-7-4-6-10-9-5-2-3-8-12(9)15-13(10)11;13-8-5-6-9(14)12-11(8)7-3-1-2-4-10(7)15-12;;;;/h1-9,14H,10-13H2;5-7,12H,8-11,13-14H2,1-4H3;2-7H,1H3;1-6H;2-8H,1H3;1-6,14H;1H4;;2*1H/i;;;;;;;;;1+1. The summed E-state index contributed by atoms with van der Waals surface area (Å²) in [5, 5.41) is 23.3. The SMILES string of the molecule is C.CC1(C)CB(c2cccc3c(=O)cc(N4CCOCC4)oc23)CC1(C)C.COc1ccc(Br)c2c1sc1ccccc12.COc1cccc2c1sc1ccccc12.F.O=S(=O)(Oc1ccc(Cl)c2c1sc1ccccc12)C(F)(F)F.O=c1cc(N2CCOCC2)oc2c(-c3ccc(Cl)c4c3sc3ccccc34)cccc12.Oc1ccc(Cl)c2c1sc1ccccc12.[2HH].[B]. The molecular weight excluding hydrogens is 1870 g/mol. The predicted molar refractivity (Wildman–Crippen MR) is 539 cm³/mol. The minimum atomic E-state index is -5.73. The number of benzene rings is 12. The van der Waals surface area contributed by atoms with Crippen molar-refractivity contribution in [3.63, 3.8) is 0 Å². The molecule has 0 spiro atoms. The van der Waals surface area contributed by atoms with Gasteiger partial charge in [0.15, 0.2) is 35.1 Å². The number of thiophene rings is 5. The van der Waals surface area contributed by atoms with Crippen molar-refractivity contribution in [3.8, 4) is 34.1 Å². The van der Waals surface area contributed by atoms with Gasteiger partial charge in [-0.25, -0.2) is 0 Å². The van der Waals surface area contributed by atoms with Crippen LogP contribution < -0.4 is 39.8 Å². The number of alkyl halides is 3. The van der Waals surface area contributed by atoms with Crippen molar-refractivity contribution in [1.82, 2.24) is 0 Å². The number of anilines is 2. The number of nitrogens with zero attached hydrogens (tertiary/aromatic N) is 2. The number of hydrogen-bond donors (Lipinski definition) is 1. The molecule has 19 aromatic rings. The molecule has 12 aromatic carbocycles. The monoisotopic (exact) mass is 1960 g/mol. The van der Waals surface area contributed by atoms with E-state index in [1.54, 1.807) is 108 Å². The maximum Gasteiger partial charge on any atom is 0.534 e. The Morgan fingerprint density at radius 2 is 0.836 bits per heavy atom. The van der Waals surface area contributed by atoms with E-state index in [4.69, 9.17) is 62.6 Å². The van der Waals surface area contributed by atoms with Crippen LogP contribution in [0.4, 0.5) is 29.6 Å². The molecule has 10 heterocycles. The average molecular weight is 1960 g/mol. The molecule has 3 aliphatic rings. The Kier molecular flexibility index (Phi) is 28.7. The molecule has 0 aliphatic carbocycles. The predicted octanol–water partition coefficient (Wildman–Crippen LogP) is 28.6. The zero-order chi connectivity index (χ0) is 87.4. The summed E-state index contributed by atoms with van der Waals surface area (Å²) in [6, 6.07) is 75.3. The lowest BCUT2D eigenvalue weighted by molar-refractivity contribution is -0.0499. The minimum Gasteiger partial charge on any atom is -0.506 e. The molecular formula is C98H85B2BrCl3F4N2O12S6. The zero-order valence-corrected chi connectivity index (χ0v) is 77.8. The van der Waals surface area contributed by atoms with Gasteiger partial charge in [-0.3, -0.25) is 14.3 Å². The first-order chi connectivity index (χ1) is 60.2. The Bertz CT molecular complexity index is 7610. The van der Waals surface area contributed by atoms with Crippen LogP contribution in [0.15, 0.2) is 259 Å². The van der Waals surface area contributed by atoms with Crippen LogP contribution in [0, 0.1) is 10.8 Å². The fourth-order valence-corrected chi connectivity index (χ4v) is 24.6. The van der Waals surface area contributed by atoms with E-state index in [9.17, 15) is 36.3 Å². The lowest BCUT2D eigenvalue weighted by Crippen LogP contribution is -2.37. The van der Waals surface area contributed by atoms with E-state index >= 15 is 0 Å². The fraction of sp³-hybridized carbons (Fsp3) is 0.204. The molecule has 0 unspecified atom stereocenters. The Morgan fingerprint density at radius 1 is 0.453 bits per heavy atom. The number of rotatable bonds is 8. The zero-order valence-electron chi connectivity index (χ0n) is 69.1. The molecule has 0 bridgehead atoms. The quantitative estimate of drug-likeness (QED) is 0.0660. The number of hydrogen-bond acceptors (Lipinski definition) is 19. The van der Waals surface area contributed by atoms with Crippen LogP contribution in [0.2, 0.25) is 27.7 Å². The Hall–Kier alpha value is -9.97. The lowest BCUT2D eigenvalue weighted by atomic mass is 9.42. The molecule has 3 fully saturated rings. The molecule has 3 aliphatic heterocycles. The molecule has 30 heteroatoms. The third-order valence-corrected chi connectivity index (χ3v) is 31.9. The van der Waals surface area contributed by atoms with Gasteiger partial charge in [-0.1, -0.05) is 232 Å². The summed E-state index contributed by atoms with van der Waals surface area (Å²) >= 11 is 30.4. The number of fused-ring (bicyclic) bond motifs is 17. The van der Waals surface area contributed by atoms with Crippen LogP contribution in [0.1, 0.15) is 36.5 Å². The normalized spacial score (nSPS) is 14.3. The Labute approximate surface area is 782 Å². The second kappa shape index (κ2) is 39.0. The topological polar surface area (TPSA) is 167 Å². The number of halogens is 8. The molecule has 128 heavy (non-hydrogen) atoms. The van der Waals surface area contributed by atoms with E-state index in [-0.39, 0.29) is 48.4 Å². The highest BCUT2D eigenvalue weighted by Crippen LogP contribution is 2.54. The largest absolute Gasteiger partial charge is 0.534 e. The van der Waals surface area contributed by atoms with Crippen LogP contribution in [0.3, 0.4) is 0 Å². The van der Waals surface area contributed by atoms with Crippen LogP contribution in [0.25, 0.3) is 134 Å². The summed E-state index contributed by atoms with van der Waals surface area (Å²) in [5.74, 6) is 3.09.